The molecule has 0 radical (unpaired) electrons. The van der Waals surface area contributed by atoms with Gasteiger partial charge in [-0.2, -0.15) is 0 Å². The monoisotopic (exact) mass is 550 g/mol. The largest absolute Gasteiger partial charge is 0.460 e. The van der Waals surface area contributed by atoms with Crippen LogP contribution in [0.3, 0.4) is 0 Å². The van der Waals surface area contributed by atoms with Crippen LogP contribution in [0.5, 0.6) is 0 Å². The summed E-state index contributed by atoms with van der Waals surface area (Å²) in [6, 6.07) is 30.2. The molecule has 0 spiro atoms. The molecule has 2 amide bonds. The van der Waals surface area contributed by atoms with Crippen molar-refractivity contribution >= 4 is 35.1 Å². The normalized spacial score (nSPS) is 10.4. The number of carbonyl (C=O) groups is 4. The lowest BCUT2D eigenvalue weighted by Crippen LogP contribution is -2.15. The van der Waals surface area contributed by atoms with E-state index in [9.17, 15) is 19.2 Å². The molecule has 0 aliphatic heterocycles. The third-order valence-corrected chi connectivity index (χ3v) is 6.12. The van der Waals surface area contributed by atoms with Gasteiger partial charge in [0.1, 0.15) is 19.6 Å². The molecule has 2 N–H and O–H groups in total. The first-order valence-corrected chi connectivity index (χ1v) is 13.0. The molecule has 4 aromatic carbocycles. The maximum atomic E-state index is 12.4. The van der Waals surface area contributed by atoms with Crippen molar-refractivity contribution in [2.45, 2.75) is 33.5 Å². The number of hydrogen-bond acceptors (Lipinski definition) is 6. The first kappa shape index (κ1) is 28.8. The molecule has 0 atom stereocenters. The predicted molar refractivity (Wildman–Crippen MR) is 157 cm³/mol. The number of hydrogen-bond donors (Lipinski definition) is 2. The highest BCUT2D eigenvalue weighted by atomic mass is 16.6. The molecule has 0 aliphatic carbocycles. The maximum absolute atomic E-state index is 12.4. The fraction of sp³-hybridized carbons (Fsp3) is 0.152. The third-order valence-electron chi connectivity index (χ3n) is 6.12. The summed E-state index contributed by atoms with van der Waals surface area (Å²) in [6.45, 7) is 2.52. The van der Waals surface area contributed by atoms with Gasteiger partial charge in [0.15, 0.2) is 0 Å². The molecule has 8 nitrogen and oxygen atoms in total. The van der Waals surface area contributed by atoms with Gasteiger partial charge in [-0.15, -0.1) is 0 Å². The highest BCUT2D eigenvalue weighted by Gasteiger charge is 2.16. The molecule has 0 aliphatic rings. The highest BCUT2D eigenvalue weighted by Crippen LogP contribution is 2.28. The average molecular weight is 551 g/mol. The van der Waals surface area contributed by atoms with Crippen LogP contribution in [-0.4, -0.2) is 23.8 Å². The van der Waals surface area contributed by atoms with Gasteiger partial charge in [-0.3, -0.25) is 19.2 Å². The molecule has 4 aromatic rings. The van der Waals surface area contributed by atoms with E-state index in [0.717, 1.165) is 22.3 Å². The summed E-state index contributed by atoms with van der Waals surface area (Å²) in [5.41, 5.74) is 5.92. The zero-order valence-corrected chi connectivity index (χ0v) is 22.8. The van der Waals surface area contributed by atoms with Gasteiger partial charge in [0.05, 0.1) is 0 Å². The van der Waals surface area contributed by atoms with E-state index in [1.807, 2.05) is 84.9 Å². The molecular formula is C33H30N2O6. The summed E-state index contributed by atoms with van der Waals surface area (Å²) in [4.78, 5) is 48.3. The van der Waals surface area contributed by atoms with Crippen LogP contribution < -0.4 is 10.6 Å². The second-order valence-corrected chi connectivity index (χ2v) is 9.34. The standard InChI is InChI=1S/C33H30N2O6/c1-22(36)34-30-17-26(24-9-5-3-6-10-24)13-15-28(30)20-40-32(38)19-33(39)41-21-29-16-14-27(18-31(29)35-23(2)37)25-11-7-4-8-12-25/h3-18H,19-21H2,1-2H3,(H,34,36)(H,35,37). The van der Waals surface area contributed by atoms with Gasteiger partial charge >= 0.3 is 11.9 Å². The summed E-state index contributed by atoms with van der Waals surface area (Å²) < 4.78 is 10.6. The Morgan fingerprint density at radius 1 is 0.537 bits per heavy atom. The summed E-state index contributed by atoms with van der Waals surface area (Å²) in [7, 11) is 0. The topological polar surface area (TPSA) is 111 Å². The molecule has 0 saturated heterocycles. The molecule has 41 heavy (non-hydrogen) atoms. The summed E-state index contributed by atoms with van der Waals surface area (Å²) in [5.74, 6) is -2.06. The minimum Gasteiger partial charge on any atom is -0.460 e. The number of rotatable bonds is 10. The van der Waals surface area contributed by atoms with Crippen LogP contribution >= 0.6 is 0 Å². The fourth-order valence-electron chi connectivity index (χ4n) is 4.17. The number of benzene rings is 4. The van der Waals surface area contributed by atoms with Crippen LogP contribution in [0.2, 0.25) is 0 Å². The Bertz CT molecular complexity index is 1430. The van der Waals surface area contributed by atoms with E-state index in [1.165, 1.54) is 13.8 Å². The summed E-state index contributed by atoms with van der Waals surface area (Å²) in [6.07, 6.45) is -0.588. The van der Waals surface area contributed by atoms with Gasteiger partial charge in [-0.1, -0.05) is 84.9 Å². The Labute approximate surface area is 238 Å². The quantitative estimate of drug-likeness (QED) is 0.182. The minimum atomic E-state index is -0.766. The van der Waals surface area contributed by atoms with E-state index >= 15 is 0 Å². The van der Waals surface area contributed by atoms with Crippen molar-refractivity contribution in [2.75, 3.05) is 10.6 Å². The predicted octanol–water partition coefficient (Wildman–Crippen LogP) is 6.11. The first-order chi connectivity index (χ1) is 19.8. The van der Waals surface area contributed by atoms with Crippen LogP contribution in [0.15, 0.2) is 97.1 Å². The van der Waals surface area contributed by atoms with Gasteiger partial charge in [-0.25, -0.2) is 0 Å². The molecular weight excluding hydrogens is 520 g/mol. The lowest BCUT2D eigenvalue weighted by atomic mass is 10.0. The van der Waals surface area contributed by atoms with Crippen molar-refractivity contribution in [3.63, 3.8) is 0 Å². The second-order valence-electron chi connectivity index (χ2n) is 9.34. The molecule has 0 heterocycles. The lowest BCUT2D eigenvalue weighted by Gasteiger charge is -2.14. The molecule has 0 bridgehead atoms. The van der Waals surface area contributed by atoms with Gasteiger partial charge in [-0.05, 0) is 34.4 Å². The number of nitrogens with one attached hydrogen (secondary N) is 2. The molecule has 208 valence electrons. The van der Waals surface area contributed by atoms with Crippen LogP contribution in [0, 0.1) is 0 Å². The number of anilines is 2. The summed E-state index contributed by atoms with van der Waals surface area (Å²) in [5, 5.41) is 5.54. The molecule has 0 unspecified atom stereocenters. The van der Waals surface area contributed by atoms with Crippen molar-refractivity contribution < 1.29 is 28.7 Å². The Hall–Kier alpha value is -5.24. The second kappa shape index (κ2) is 13.7. The average Bonchev–Trinajstić information content (AvgIpc) is 2.96. The first-order valence-electron chi connectivity index (χ1n) is 13.0. The van der Waals surface area contributed by atoms with Crippen LogP contribution in [0.4, 0.5) is 11.4 Å². The SMILES string of the molecule is CC(=O)Nc1cc(-c2ccccc2)ccc1COC(=O)CC(=O)OCc1ccc(-c2ccccc2)cc1NC(C)=O. The molecule has 4 rings (SSSR count). The van der Waals surface area contributed by atoms with E-state index in [2.05, 4.69) is 10.6 Å². The number of esters is 2. The van der Waals surface area contributed by atoms with Gasteiger partial charge in [0, 0.05) is 36.3 Å². The Kier molecular flexibility index (Phi) is 9.62. The van der Waals surface area contributed by atoms with Crippen LogP contribution in [0.1, 0.15) is 31.4 Å². The van der Waals surface area contributed by atoms with E-state index in [1.54, 1.807) is 12.1 Å². The third kappa shape index (κ3) is 8.37. The van der Waals surface area contributed by atoms with E-state index < -0.39 is 18.4 Å². The van der Waals surface area contributed by atoms with Crippen molar-refractivity contribution in [3.8, 4) is 22.3 Å². The molecule has 0 saturated carbocycles. The van der Waals surface area contributed by atoms with Crippen molar-refractivity contribution in [1.29, 1.82) is 0 Å². The highest BCUT2D eigenvalue weighted by molar-refractivity contribution is 5.93. The molecule has 8 heteroatoms. The molecule has 0 fully saturated rings. The lowest BCUT2D eigenvalue weighted by molar-refractivity contribution is -0.156. The Morgan fingerprint density at radius 3 is 1.29 bits per heavy atom. The Morgan fingerprint density at radius 2 is 0.927 bits per heavy atom. The maximum Gasteiger partial charge on any atom is 0.317 e. The smallest absolute Gasteiger partial charge is 0.317 e. The number of amides is 2. The van der Waals surface area contributed by atoms with Crippen LogP contribution in [-0.2, 0) is 41.9 Å². The van der Waals surface area contributed by atoms with E-state index in [4.69, 9.17) is 9.47 Å². The summed E-state index contributed by atoms with van der Waals surface area (Å²) >= 11 is 0. The zero-order valence-electron chi connectivity index (χ0n) is 22.8. The Balaban J connectivity index is 1.36. The number of ether oxygens (including phenoxy) is 2. The zero-order chi connectivity index (χ0) is 29.2. The molecule has 0 aromatic heterocycles. The van der Waals surface area contributed by atoms with E-state index in [0.29, 0.717) is 22.5 Å². The van der Waals surface area contributed by atoms with Gasteiger partial charge < -0.3 is 20.1 Å². The fourth-order valence-corrected chi connectivity index (χ4v) is 4.17. The van der Waals surface area contributed by atoms with Gasteiger partial charge in [0.2, 0.25) is 11.8 Å². The van der Waals surface area contributed by atoms with Crippen LogP contribution in [0.25, 0.3) is 22.3 Å². The van der Waals surface area contributed by atoms with Gasteiger partial charge in [0.25, 0.3) is 0 Å². The minimum absolute atomic E-state index is 0.134. The van der Waals surface area contributed by atoms with E-state index in [-0.39, 0.29) is 25.0 Å². The number of carbonyl (C=O) groups excluding carboxylic acids is 4. The van der Waals surface area contributed by atoms with Crippen molar-refractivity contribution in [1.82, 2.24) is 0 Å². The van der Waals surface area contributed by atoms with Crippen molar-refractivity contribution in [2.24, 2.45) is 0 Å². The van der Waals surface area contributed by atoms with Crippen molar-refractivity contribution in [3.05, 3.63) is 108 Å².